The molecular weight excluding hydrogens is 256 g/mol. The van der Waals surface area contributed by atoms with Gasteiger partial charge in [0.15, 0.2) is 0 Å². The second-order valence-electron chi connectivity index (χ2n) is 4.51. The van der Waals surface area contributed by atoms with Crippen molar-refractivity contribution in [3.63, 3.8) is 0 Å². The van der Waals surface area contributed by atoms with E-state index in [0.717, 1.165) is 51.0 Å². The monoisotopic (exact) mass is 276 g/mol. The summed E-state index contributed by atoms with van der Waals surface area (Å²) in [6.45, 7) is 9.29. The Morgan fingerprint density at radius 3 is 2.67 bits per heavy atom. The van der Waals surface area contributed by atoms with E-state index in [1.807, 2.05) is 6.92 Å². The molecule has 0 radical (unpaired) electrons. The van der Waals surface area contributed by atoms with Gasteiger partial charge in [0.1, 0.15) is 0 Å². The average molecular weight is 277 g/mol. The van der Waals surface area contributed by atoms with Crippen LogP contribution >= 0.6 is 15.9 Å². The molecule has 0 amide bonds. The summed E-state index contributed by atoms with van der Waals surface area (Å²) >= 11 is 3.60. The fourth-order valence-electron chi connectivity index (χ4n) is 1.66. The molecule has 3 heteroatoms. The van der Waals surface area contributed by atoms with Crippen molar-refractivity contribution in [2.45, 2.75) is 26.2 Å². The molecule has 15 heavy (non-hydrogen) atoms. The van der Waals surface area contributed by atoms with E-state index in [4.69, 9.17) is 9.47 Å². The summed E-state index contributed by atoms with van der Waals surface area (Å²) in [5.41, 5.74) is 1.49. The maximum atomic E-state index is 5.73. The van der Waals surface area contributed by atoms with E-state index >= 15 is 0 Å². The average Bonchev–Trinajstić information content (AvgIpc) is 2.26. The van der Waals surface area contributed by atoms with Crippen molar-refractivity contribution in [2.24, 2.45) is 5.41 Å². The molecule has 2 nitrogen and oxygen atoms in total. The van der Waals surface area contributed by atoms with Gasteiger partial charge in [0.2, 0.25) is 0 Å². The Morgan fingerprint density at radius 1 is 1.47 bits per heavy atom. The second kappa shape index (κ2) is 6.66. The summed E-state index contributed by atoms with van der Waals surface area (Å²) in [7, 11) is 0. The quantitative estimate of drug-likeness (QED) is 0.422. The van der Waals surface area contributed by atoms with E-state index in [9.17, 15) is 0 Å². The molecule has 1 aliphatic heterocycles. The minimum Gasteiger partial charge on any atom is -0.381 e. The van der Waals surface area contributed by atoms with Crippen molar-refractivity contribution in [2.75, 3.05) is 31.8 Å². The Kier molecular flexibility index (Phi) is 5.87. The van der Waals surface area contributed by atoms with Gasteiger partial charge in [-0.05, 0) is 26.2 Å². The van der Waals surface area contributed by atoms with E-state index in [0.29, 0.717) is 5.41 Å². The molecule has 0 bridgehead atoms. The van der Waals surface area contributed by atoms with Crippen LogP contribution in [0.2, 0.25) is 0 Å². The van der Waals surface area contributed by atoms with Crippen LogP contribution in [-0.2, 0) is 9.47 Å². The first-order chi connectivity index (χ1) is 7.18. The Labute approximate surface area is 101 Å². The van der Waals surface area contributed by atoms with E-state index in [1.54, 1.807) is 0 Å². The summed E-state index contributed by atoms with van der Waals surface area (Å²) in [5, 5.41) is 1.01. The van der Waals surface area contributed by atoms with Gasteiger partial charge in [0, 0.05) is 24.0 Å². The van der Waals surface area contributed by atoms with Crippen LogP contribution in [0.4, 0.5) is 0 Å². The zero-order chi connectivity index (χ0) is 11.1. The molecule has 0 N–H and O–H groups in total. The molecule has 1 fully saturated rings. The highest BCUT2D eigenvalue weighted by Crippen LogP contribution is 2.32. The largest absolute Gasteiger partial charge is 0.381 e. The normalized spacial score (nSPS) is 20.1. The van der Waals surface area contributed by atoms with Crippen LogP contribution in [0.5, 0.6) is 0 Å². The van der Waals surface area contributed by atoms with E-state index in [1.165, 1.54) is 5.57 Å². The van der Waals surface area contributed by atoms with Crippen molar-refractivity contribution in [3.05, 3.63) is 12.2 Å². The van der Waals surface area contributed by atoms with Gasteiger partial charge in [0.05, 0.1) is 13.2 Å². The first-order valence-electron chi connectivity index (χ1n) is 5.54. The molecule has 0 aliphatic carbocycles. The van der Waals surface area contributed by atoms with Gasteiger partial charge in [-0.25, -0.2) is 0 Å². The smallest absolute Gasteiger partial charge is 0.0532 e. The molecule has 1 aliphatic rings. The fourth-order valence-corrected chi connectivity index (χ4v) is 2.38. The van der Waals surface area contributed by atoms with E-state index in [2.05, 4.69) is 22.5 Å². The van der Waals surface area contributed by atoms with E-state index < -0.39 is 0 Å². The minimum absolute atomic E-state index is 0.299. The van der Waals surface area contributed by atoms with Gasteiger partial charge < -0.3 is 9.47 Å². The van der Waals surface area contributed by atoms with Gasteiger partial charge in [-0.15, -0.1) is 6.58 Å². The number of ether oxygens (including phenoxy) is 2. The molecule has 1 saturated heterocycles. The summed E-state index contributed by atoms with van der Waals surface area (Å²) in [4.78, 5) is 0. The summed E-state index contributed by atoms with van der Waals surface area (Å²) in [6.07, 6.45) is 3.17. The van der Waals surface area contributed by atoms with Gasteiger partial charge in [0.25, 0.3) is 0 Å². The van der Waals surface area contributed by atoms with Crippen molar-refractivity contribution in [1.82, 2.24) is 0 Å². The maximum absolute atomic E-state index is 5.73. The molecule has 0 aromatic rings. The first-order valence-corrected chi connectivity index (χ1v) is 6.66. The van der Waals surface area contributed by atoms with E-state index in [-0.39, 0.29) is 0 Å². The first kappa shape index (κ1) is 13.2. The lowest BCUT2D eigenvalue weighted by molar-refractivity contribution is -0.0259. The van der Waals surface area contributed by atoms with Gasteiger partial charge in [-0.2, -0.15) is 0 Å². The fraction of sp³-hybridized carbons (Fsp3) is 0.833. The molecule has 0 spiro atoms. The third kappa shape index (κ3) is 4.66. The summed E-state index contributed by atoms with van der Waals surface area (Å²) < 4.78 is 11.1. The maximum Gasteiger partial charge on any atom is 0.0532 e. The standard InChI is InChI=1S/C12H21BrO2/c1-11(2)3-6-15-10-12(9-13)4-7-14-8-5-12/h1,3-10H2,2H3. The van der Waals surface area contributed by atoms with Crippen LogP contribution in [0.25, 0.3) is 0 Å². The predicted octanol–water partition coefficient (Wildman–Crippen LogP) is 3.16. The lowest BCUT2D eigenvalue weighted by Gasteiger charge is -2.35. The van der Waals surface area contributed by atoms with Crippen molar-refractivity contribution in [3.8, 4) is 0 Å². The summed E-state index contributed by atoms with van der Waals surface area (Å²) in [6, 6.07) is 0. The number of hydrogen-bond acceptors (Lipinski definition) is 2. The predicted molar refractivity (Wildman–Crippen MR) is 66.5 cm³/mol. The van der Waals surface area contributed by atoms with Crippen LogP contribution in [0, 0.1) is 5.41 Å². The lowest BCUT2D eigenvalue weighted by Crippen LogP contribution is -2.35. The third-order valence-corrected chi connectivity index (χ3v) is 4.11. The molecule has 1 rings (SSSR count). The zero-order valence-corrected chi connectivity index (χ0v) is 11.1. The Bertz CT molecular complexity index is 198. The van der Waals surface area contributed by atoms with Gasteiger partial charge in [-0.3, -0.25) is 0 Å². The van der Waals surface area contributed by atoms with Gasteiger partial charge >= 0.3 is 0 Å². The molecule has 0 aromatic heterocycles. The van der Waals surface area contributed by atoms with Crippen LogP contribution in [-0.4, -0.2) is 31.8 Å². The topological polar surface area (TPSA) is 18.5 Å². The Balaban J connectivity index is 2.23. The highest BCUT2D eigenvalue weighted by molar-refractivity contribution is 9.09. The molecule has 0 aromatic carbocycles. The van der Waals surface area contributed by atoms with Crippen molar-refractivity contribution >= 4 is 15.9 Å². The Morgan fingerprint density at radius 2 is 2.13 bits per heavy atom. The third-order valence-electron chi connectivity index (χ3n) is 2.92. The second-order valence-corrected chi connectivity index (χ2v) is 5.07. The number of alkyl halides is 1. The Hall–Kier alpha value is 0.140. The SMILES string of the molecule is C=C(C)CCOCC1(CBr)CCOCC1. The van der Waals surface area contributed by atoms with Crippen LogP contribution in [0.3, 0.4) is 0 Å². The number of hydrogen-bond donors (Lipinski definition) is 0. The number of rotatable bonds is 6. The van der Waals surface area contributed by atoms with Crippen LogP contribution in [0.1, 0.15) is 26.2 Å². The minimum atomic E-state index is 0.299. The molecule has 1 heterocycles. The van der Waals surface area contributed by atoms with Crippen molar-refractivity contribution in [1.29, 1.82) is 0 Å². The van der Waals surface area contributed by atoms with Crippen molar-refractivity contribution < 1.29 is 9.47 Å². The molecule has 0 atom stereocenters. The highest BCUT2D eigenvalue weighted by Gasteiger charge is 2.31. The zero-order valence-electron chi connectivity index (χ0n) is 9.56. The van der Waals surface area contributed by atoms with Crippen LogP contribution < -0.4 is 0 Å². The molecule has 0 unspecified atom stereocenters. The highest BCUT2D eigenvalue weighted by atomic mass is 79.9. The molecular formula is C12H21BrO2. The molecule has 88 valence electrons. The van der Waals surface area contributed by atoms with Gasteiger partial charge in [-0.1, -0.05) is 21.5 Å². The lowest BCUT2D eigenvalue weighted by atomic mass is 9.83. The number of halogens is 1. The summed E-state index contributed by atoms with van der Waals surface area (Å²) in [5.74, 6) is 0. The molecule has 0 saturated carbocycles. The van der Waals surface area contributed by atoms with Crippen LogP contribution in [0.15, 0.2) is 12.2 Å².